The molecule has 4 heteroatoms. The molecule has 1 fully saturated rings. The van der Waals surface area contributed by atoms with Gasteiger partial charge in [-0.1, -0.05) is 0 Å². The lowest BCUT2D eigenvalue weighted by Gasteiger charge is -2.32. The van der Waals surface area contributed by atoms with Crippen molar-refractivity contribution in [1.82, 2.24) is 5.32 Å². The van der Waals surface area contributed by atoms with E-state index in [1.165, 1.54) is 6.26 Å². The molecule has 3 N–H and O–H groups in total. The highest BCUT2D eigenvalue weighted by Crippen LogP contribution is 2.18. The average Bonchev–Trinajstić information content (AvgIpc) is 2.48. The minimum absolute atomic E-state index is 0.0619. The maximum atomic E-state index is 11.6. The molecule has 0 bridgehead atoms. The van der Waals surface area contributed by atoms with Crippen molar-refractivity contribution < 1.29 is 9.21 Å². The summed E-state index contributed by atoms with van der Waals surface area (Å²) in [5.41, 5.74) is 6.24. The Morgan fingerprint density at radius 3 is 2.86 bits per heavy atom. The Morgan fingerprint density at radius 1 is 1.64 bits per heavy atom. The molecule has 1 aromatic rings. The molecule has 1 saturated carbocycles. The maximum Gasteiger partial charge on any atom is 0.255 e. The molecule has 76 valence electrons. The van der Waals surface area contributed by atoms with Crippen LogP contribution in [0.4, 0.5) is 0 Å². The molecule has 0 radical (unpaired) electrons. The van der Waals surface area contributed by atoms with E-state index in [2.05, 4.69) is 5.32 Å². The van der Waals surface area contributed by atoms with Crippen LogP contribution < -0.4 is 11.1 Å². The van der Waals surface area contributed by atoms with E-state index in [1.54, 1.807) is 13.0 Å². The van der Waals surface area contributed by atoms with Gasteiger partial charge >= 0.3 is 0 Å². The molecule has 4 nitrogen and oxygen atoms in total. The van der Waals surface area contributed by atoms with Crippen LogP contribution in [0.5, 0.6) is 0 Å². The van der Waals surface area contributed by atoms with Gasteiger partial charge in [0.2, 0.25) is 0 Å². The second kappa shape index (κ2) is 3.46. The van der Waals surface area contributed by atoms with E-state index in [4.69, 9.17) is 10.2 Å². The quantitative estimate of drug-likeness (QED) is 0.732. The van der Waals surface area contributed by atoms with Crippen molar-refractivity contribution in [3.8, 4) is 0 Å². The third-order valence-corrected chi connectivity index (χ3v) is 2.61. The van der Waals surface area contributed by atoms with E-state index in [-0.39, 0.29) is 18.0 Å². The number of hydrogen-bond acceptors (Lipinski definition) is 3. The maximum absolute atomic E-state index is 11.6. The minimum Gasteiger partial charge on any atom is -0.469 e. The van der Waals surface area contributed by atoms with E-state index in [9.17, 15) is 4.79 Å². The van der Waals surface area contributed by atoms with Gasteiger partial charge in [0.05, 0.1) is 11.8 Å². The first-order valence-corrected chi connectivity index (χ1v) is 4.77. The molecule has 1 aromatic heterocycles. The monoisotopic (exact) mass is 194 g/mol. The number of furan rings is 1. The fraction of sp³-hybridized carbons (Fsp3) is 0.500. The molecule has 2 rings (SSSR count). The summed E-state index contributed by atoms with van der Waals surface area (Å²) in [5.74, 6) is 0.597. The number of hydrogen-bond donors (Lipinski definition) is 2. The van der Waals surface area contributed by atoms with Crippen LogP contribution >= 0.6 is 0 Å². The molecule has 1 aliphatic rings. The third-order valence-electron chi connectivity index (χ3n) is 2.61. The Bertz CT molecular complexity index is 340. The summed E-state index contributed by atoms with van der Waals surface area (Å²) in [4.78, 5) is 11.6. The first kappa shape index (κ1) is 9.27. The van der Waals surface area contributed by atoms with Gasteiger partial charge in [0.15, 0.2) is 0 Å². The fourth-order valence-electron chi connectivity index (χ4n) is 1.66. The van der Waals surface area contributed by atoms with Gasteiger partial charge < -0.3 is 15.5 Å². The summed E-state index contributed by atoms with van der Waals surface area (Å²) in [7, 11) is 0. The molecule has 0 spiro atoms. The van der Waals surface area contributed by atoms with Crippen LogP contribution in [0.2, 0.25) is 0 Å². The van der Waals surface area contributed by atoms with E-state index in [0.29, 0.717) is 11.3 Å². The normalized spacial score (nSPS) is 25.6. The first-order valence-electron chi connectivity index (χ1n) is 4.77. The second-order valence-corrected chi connectivity index (χ2v) is 3.79. The molecular weight excluding hydrogens is 180 g/mol. The minimum atomic E-state index is -0.0619. The van der Waals surface area contributed by atoms with Gasteiger partial charge in [-0.3, -0.25) is 4.79 Å². The van der Waals surface area contributed by atoms with E-state index >= 15 is 0 Å². The van der Waals surface area contributed by atoms with Crippen molar-refractivity contribution >= 4 is 5.91 Å². The average molecular weight is 194 g/mol. The van der Waals surface area contributed by atoms with Crippen molar-refractivity contribution in [2.75, 3.05) is 0 Å². The van der Waals surface area contributed by atoms with Crippen molar-refractivity contribution in [2.45, 2.75) is 31.8 Å². The Hall–Kier alpha value is -1.29. The molecule has 0 saturated heterocycles. The number of carbonyl (C=O) groups excluding carboxylic acids is 1. The fourth-order valence-corrected chi connectivity index (χ4v) is 1.66. The molecule has 0 aliphatic heterocycles. The topological polar surface area (TPSA) is 68.3 Å². The van der Waals surface area contributed by atoms with E-state index < -0.39 is 0 Å². The van der Waals surface area contributed by atoms with Crippen LogP contribution in [0.15, 0.2) is 16.7 Å². The van der Waals surface area contributed by atoms with Gasteiger partial charge in [-0.25, -0.2) is 0 Å². The van der Waals surface area contributed by atoms with Crippen molar-refractivity contribution in [1.29, 1.82) is 0 Å². The molecule has 1 aliphatic carbocycles. The Labute approximate surface area is 82.5 Å². The van der Waals surface area contributed by atoms with Gasteiger partial charge in [0.1, 0.15) is 5.76 Å². The highest BCUT2D eigenvalue weighted by Gasteiger charge is 2.27. The predicted octanol–water partition coefficient (Wildman–Crippen LogP) is 0.808. The number of nitrogens with two attached hydrogens (primary N) is 1. The van der Waals surface area contributed by atoms with Gasteiger partial charge in [0.25, 0.3) is 5.91 Å². The molecular formula is C10H14N2O2. The first-order chi connectivity index (χ1) is 6.66. The summed E-state index contributed by atoms with van der Waals surface area (Å²) >= 11 is 0. The largest absolute Gasteiger partial charge is 0.469 e. The van der Waals surface area contributed by atoms with Crippen LogP contribution in [-0.4, -0.2) is 18.0 Å². The van der Waals surface area contributed by atoms with E-state index in [0.717, 1.165) is 12.8 Å². The lowest BCUT2D eigenvalue weighted by atomic mass is 9.87. The highest BCUT2D eigenvalue weighted by molar-refractivity contribution is 5.95. The molecule has 14 heavy (non-hydrogen) atoms. The summed E-state index contributed by atoms with van der Waals surface area (Å²) in [6, 6.07) is 2.18. The summed E-state index contributed by atoms with van der Waals surface area (Å²) in [5, 5.41) is 2.91. The SMILES string of the molecule is Cc1occc1C(=O)NC1CC(N)C1. The lowest BCUT2D eigenvalue weighted by molar-refractivity contribution is 0.0908. The zero-order valence-electron chi connectivity index (χ0n) is 8.12. The van der Waals surface area contributed by atoms with Crippen LogP contribution in [0, 0.1) is 6.92 Å². The van der Waals surface area contributed by atoms with Crippen molar-refractivity contribution in [3.05, 3.63) is 23.7 Å². The molecule has 0 atom stereocenters. The summed E-state index contributed by atoms with van der Waals surface area (Å²) in [6.07, 6.45) is 3.28. The second-order valence-electron chi connectivity index (χ2n) is 3.79. The Kier molecular flexibility index (Phi) is 2.29. The van der Waals surface area contributed by atoms with Crippen LogP contribution in [0.25, 0.3) is 0 Å². The third kappa shape index (κ3) is 1.65. The van der Waals surface area contributed by atoms with Gasteiger partial charge in [-0.15, -0.1) is 0 Å². The number of amides is 1. The molecule has 0 unspecified atom stereocenters. The Morgan fingerprint density at radius 2 is 2.36 bits per heavy atom. The Balaban J connectivity index is 1.93. The predicted molar refractivity (Wildman–Crippen MR) is 51.9 cm³/mol. The standard InChI is InChI=1S/C10H14N2O2/c1-6-9(2-3-14-6)10(13)12-8-4-7(11)5-8/h2-3,7-8H,4-5,11H2,1H3,(H,12,13). The van der Waals surface area contributed by atoms with Crippen LogP contribution in [-0.2, 0) is 0 Å². The van der Waals surface area contributed by atoms with Crippen molar-refractivity contribution in [3.63, 3.8) is 0 Å². The number of carbonyl (C=O) groups is 1. The zero-order valence-corrected chi connectivity index (χ0v) is 8.12. The molecule has 0 aromatic carbocycles. The van der Waals surface area contributed by atoms with E-state index in [1.807, 2.05) is 0 Å². The number of nitrogens with one attached hydrogen (secondary N) is 1. The summed E-state index contributed by atoms with van der Waals surface area (Å²) in [6.45, 7) is 1.78. The van der Waals surface area contributed by atoms with Crippen molar-refractivity contribution in [2.24, 2.45) is 5.73 Å². The smallest absolute Gasteiger partial charge is 0.255 e. The van der Waals surface area contributed by atoms with Gasteiger partial charge in [0, 0.05) is 12.1 Å². The van der Waals surface area contributed by atoms with Crippen LogP contribution in [0.3, 0.4) is 0 Å². The van der Waals surface area contributed by atoms with Gasteiger partial charge in [-0.2, -0.15) is 0 Å². The lowest BCUT2D eigenvalue weighted by Crippen LogP contribution is -2.50. The van der Waals surface area contributed by atoms with Gasteiger partial charge in [-0.05, 0) is 25.8 Å². The van der Waals surface area contributed by atoms with Crippen LogP contribution in [0.1, 0.15) is 29.0 Å². The molecule has 1 amide bonds. The number of rotatable bonds is 2. The highest BCUT2D eigenvalue weighted by atomic mass is 16.3. The molecule has 1 heterocycles. The zero-order chi connectivity index (χ0) is 10.1. The number of aryl methyl sites for hydroxylation is 1. The summed E-state index contributed by atoms with van der Waals surface area (Å²) < 4.78 is 5.05.